The van der Waals surface area contributed by atoms with Gasteiger partial charge < -0.3 is 15.4 Å². The Morgan fingerprint density at radius 2 is 1.87 bits per heavy atom. The molecule has 0 spiro atoms. The standard InChI is InChI=1S/C18H24N4O/c1-23-16-9-7-14(8-10-16)13-20-17-11-12-19-18(22-17)21-15-5-3-2-4-6-15/h7-12,15H,2-6,13H2,1H3,(H2,19,20,21,22). The number of anilines is 2. The van der Waals surface area contributed by atoms with E-state index in [2.05, 4.69) is 20.6 Å². The molecule has 2 N–H and O–H groups in total. The van der Waals surface area contributed by atoms with E-state index < -0.39 is 0 Å². The van der Waals surface area contributed by atoms with Crippen molar-refractivity contribution in [1.82, 2.24) is 9.97 Å². The summed E-state index contributed by atoms with van der Waals surface area (Å²) >= 11 is 0. The molecule has 0 saturated heterocycles. The van der Waals surface area contributed by atoms with E-state index in [1.54, 1.807) is 13.3 Å². The third kappa shape index (κ3) is 4.58. The van der Waals surface area contributed by atoms with Crippen LogP contribution in [0.4, 0.5) is 11.8 Å². The lowest BCUT2D eigenvalue weighted by Gasteiger charge is -2.22. The third-order valence-corrected chi connectivity index (χ3v) is 4.23. The van der Waals surface area contributed by atoms with Crippen molar-refractivity contribution in [2.24, 2.45) is 0 Å². The zero-order valence-corrected chi connectivity index (χ0v) is 13.6. The number of hydrogen-bond donors (Lipinski definition) is 2. The fraction of sp³-hybridized carbons (Fsp3) is 0.444. The van der Waals surface area contributed by atoms with E-state index in [9.17, 15) is 0 Å². The van der Waals surface area contributed by atoms with Crippen LogP contribution >= 0.6 is 0 Å². The summed E-state index contributed by atoms with van der Waals surface area (Å²) in [5.74, 6) is 2.43. The molecule has 0 bridgehead atoms. The average molecular weight is 312 g/mol. The van der Waals surface area contributed by atoms with Gasteiger partial charge in [-0.05, 0) is 36.6 Å². The molecular weight excluding hydrogens is 288 g/mol. The third-order valence-electron chi connectivity index (χ3n) is 4.23. The van der Waals surface area contributed by atoms with Crippen LogP contribution in [0.5, 0.6) is 5.75 Å². The number of nitrogens with zero attached hydrogens (tertiary/aromatic N) is 2. The van der Waals surface area contributed by atoms with Gasteiger partial charge in [0.05, 0.1) is 7.11 Å². The predicted molar refractivity (Wildman–Crippen MR) is 92.8 cm³/mol. The highest BCUT2D eigenvalue weighted by Gasteiger charge is 2.14. The first kappa shape index (κ1) is 15.6. The molecule has 1 aliphatic carbocycles. The SMILES string of the molecule is COc1ccc(CNc2ccnc(NC3CCCCC3)n2)cc1. The van der Waals surface area contributed by atoms with Crippen LogP contribution in [0.1, 0.15) is 37.7 Å². The van der Waals surface area contributed by atoms with E-state index in [1.165, 1.54) is 37.7 Å². The molecule has 0 atom stereocenters. The molecule has 5 heteroatoms. The van der Waals surface area contributed by atoms with Gasteiger partial charge in [0.2, 0.25) is 5.95 Å². The molecule has 0 radical (unpaired) electrons. The number of methoxy groups -OCH3 is 1. The number of hydrogen-bond acceptors (Lipinski definition) is 5. The molecule has 23 heavy (non-hydrogen) atoms. The molecule has 0 unspecified atom stereocenters. The number of rotatable bonds is 6. The molecule has 1 aromatic heterocycles. The Balaban J connectivity index is 1.56. The summed E-state index contributed by atoms with van der Waals surface area (Å²) in [6.45, 7) is 0.726. The van der Waals surface area contributed by atoms with Crippen LogP contribution in [0.25, 0.3) is 0 Å². The van der Waals surface area contributed by atoms with E-state index in [-0.39, 0.29) is 0 Å². The smallest absolute Gasteiger partial charge is 0.224 e. The second-order valence-electron chi connectivity index (χ2n) is 5.95. The van der Waals surface area contributed by atoms with Gasteiger partial charge in [0.25, 0.3) is 0 Å². The first-order valence-corrected chi connectivity index (χ1v) is 8.30. The first-order chi connectivity index (χ1) is 11.3. The van der Waals surface area contributed by atoms with E-state index in [0.717, 1.165) is 24.1 Å². The van der Waals surface area contributed by atoms with Gasteiger partial charge in [0.15, 0.2) is 0 Å². The maximum Gasteiger partial charge on any atom is 0.224 e. The van der Waals surface area contributed by atoms with Gasteiger partial charge in [-0.2, -0.15) is 4.98 Å². The maximum atomic E-state index is 5.17. The van der Waals surface area contributed by atoms with Crippen molar-refractivity contribution in [3.05, 3.63) is 42.1 Å². The number of aromatic nitrogens is 2. The lowest BCUT2D eigenvalue weighted by molar-refractivity contribution is 0.414. The fourth-order valence-corrected chi connectivity index (χ4v) is 2.89. The fourth-order valence-electron chi connectivity index (χ4n) is 2.89. The van der Waals surface area contributed by atoms with E-state index in [4.69, 9.17) is 4.74 Å². The number of benzene rings is 1. The van der Waals surface area contributed by atoms with Crippen LogP contribution in [-0.4, -0.2) is 23.1 Å². The number of ether oxygens (including phenoxy) is 1. The minimum atomic E-state index is 0.514. The molecule has 1 saturated carbocycles. The highest BCUT2D eigenvalue weighted by Crippen LogP contribution is 2.20. The van der Waals surface area contributed by atoms with Crippen molar-refractivity contribution >= 4 is 11.8 Å². The van der Waals surface area contributed by atoms with E-state index in [1.807, 2.05) is 30.3 Å². The Morgan fingerprint density at radius 1 is 1.09 bits per heavy atom. The quantitative estimate of drug-likeness (QED) is 0.848. The van der Waals surface area contributed by atoms with Gasteiger partial charge in [-0.3, -0.25) is 0 Å². The zero-order valence-electron chi connectivity index (χ0n) is 13.6. The highest BCUT2D eigenvalue weighted by atomic mass is 16.5. The minimum Gasteiger partial charge on any atom is -0.497 e. The Morgan fingerprint density at radius 3 is 2.61 bits per heavy atom. The molecule has 0 aliphatic heterocycles. The van der Waals surface area contributed by atoms with Gasteiger partial charge in [0, 0.05) is 18.8 Å². The van der Waals surface area contributed by atoms with E-state index >= 15 is 0 Å². The molecule has 1 fully saturated rings. The lowest BCUT2D eigenvalue weighted by Crippen LogP contribution is -2.23. The van der Waals surface area contributed by atoms with Crippen LogP contribution in [0.2, 0.25) is 0 Å². The second-order valence-corrected chi connectivity index (χ2v) is 5.95. The summed E-state index contributed by atoms with van der Waals surface area (Å²) in [4.78, 5) is 8.89. The molecule has 1 heterocycles. The first-order valence-electron chi connectivity index (χ1n) is 8.30. The highest BCUT2D eigenvalue weighted by molar-refractivity contribution is 5.41. The van der Waals surface area contributed by atoms with Gasteiger partial charge in [-0.15, -0.1) is 0 Å². The van der Waals surface area contributed by atoms with E-state index in [0.29, 0.717) is 6.04 Å². The zero-order chi connectivity index (χ0) is 15.9. The van der Waals surface area contributed by atoms with Crippen molar-refractivity contribution in [1.29, 1.82) is 0 Å². The van der Waals surface area contributed by atoms with Crippen LogP contribution in [0, 0.1) is 0 Å². The topological polar surface area (TPSA) is 59.1 Å². The van der Waals surface area contributed by atoms with Crippen molar-refractivity contribution < 1.29 is 4.74 Å². The van der Waals surface area contributed by atoms with Crippen LogP contribution < -0.4 is 15.4 Å². The molecule has 5 nitrogen and oxygen atoms in total. The lowest BCUT2D eigenvalue weighted by atomic mass is 9.96. The van der Waals surface area contributed by atoms with Crippen molar-refractivity contribution in [2.45, 2.75) is 44.7 Å². The molecule has 122 valence electrons. The van der Waals surface area contributed by atoms with Gasteiger partial charge in [-0.1, -0.05) is 31.4 Å². The summed E-state index contributed by atoms with van der Waals surface area (Å²) in [6.07, 6.45) is 8.18. The van der Waals surface area contributed by atoms with Crippen molar-refractivity contribution in [3.63, 3.8) is 0 Å². The summed E-state index contributed by atoms with van der Waals surface area (Å²) in [5, 5.41) is 6.80. The van der Waals surface area contributed by atoms with Crippen LogP contribution in [0.3, 0.4) is 0 Å². The normalized spacial score (nSPS) is 15.2. The number of nitrogens with one attached hydrogen (secondary N) is 2. The van der Waals surface area contributed by atoms with Crippen molar-refractivity contribution in [3.8, 4) is 5.75 Å². The van der Waals surface area contributed by atoms with Crippen molar-refractivity contribution in [2.75, 3.05) is 17.7 Å². The van der Waals surface area contributed by atoms with Gasteiger partial charge in [-0.25, -0.2) is 4.98 Å². The molecule has 3 rings (SSSR count). The summed E-state index contributed by atoms with van der Waals surface area (Å²) in [5.41, 5.74) is 1.19. The largest absolute Gasteiger partial charge is 0.497 e. The Bertz CT molecular complexity index is 609. The second kappa shape index (κ2) is 7.81. The minimum absolute atomic E-state index is 0.514. The molecule has 1 aliphatic rings. The Labute approximate surface area is 137 Å². The summed E-state index contributed by atoms with van der Waals surface area (Å²) < 4.78 is 5.17. The molecule has 1 aromatic carbocycles. The van der Waals surface area contributed by atoms with Crippen LogP contribution in [-0.2, 0) is 6.54 Å². The van der Waals surface area contributed by atoms with Gasteiger partial charge >= 0.3 is 0 Å². The monoisotopic (exact) mass is 312 g/mol. The predicted octanol–water partition coefficient (Wildman–Crippen LogP) is 3.84. The average Bonchev–Trinajstić information content (AvgIpc) is 2.62. The Kier molecular flexibility index (Phi) is 5.29. The molecule has 2 aromatic rings. The Hall–Kier alpha value is -2.30. The summed E-state index contributed by atoms with van der Waals surface area (Å²) in [7, 11) is 1.68. The molecular formula is C18H24N4O. The molecule has 0 amide bonds. The van der Waals surface area contributed by atoms with Gasteiger partial charge in [0.1, 0.15) is 11.6 Å². The maximum absolute atomic E-state index is 5.17. The van der Waals surface area contributed by atoms with Crippen LogP contribution in [0.15, 0.2) is 36.5 Å². The summed E-state index contributed by atoms with van der Waals surface area (Å²) in [6, 6.07) is 10.4.